The van der Waals surface area contributed by atoms with Crippen molar-refractivity contribution in [2.75, 3.05) is 20.3 Å². The summed E-state index contributed by atoms with van der Waals surface area (Å²) in [5, 5.41) is 12.9. The lowest BCUT2D eigenvalue weighted by Crippen LogP contribution is -2.35. The van der Waals surface area contributed by atoms with Gasteiger partial charge in [0.1, 0.15) is 18.5 Å². The first-order valence-corrected chi connectivity index (χ1v) is 6.45. The Balaban J connectivity index is 2.35. The summed E-state index contributed by atoms with van der Waals surface area (Å²) in [5.41, 5.74) is 1.04. The highest BCUT2D eigenvalue weighted by Crippen LogP contribution is 2.13. The van der Waals surface area contributed by atoms with Crippen molar-refractivity contribution in [2.45, 2.75) is 26.0 Å². The molecule has 1 unspecified atom stereocenters. The number of ether oxygens (including phenoxy) is 2. The van der Waals surface area contributed by atoms with E-state index in [-0.39, 0.29) is 6.61 Å². The van der Waals surface area contributed by atoms with E-state index < -0.39 is 6.10 Å². The van der Waals surface area contributed by atoms with Gasteiger partial charge in [-0.05, 0) is 23.8 Å². The van der Waals surface area contributed by atoms with Gasteiger partial charge in [0.05, 0.1) is 13.4 Å². The first-order valence-electron chi connectivity index (χ1n) is 6.45. The number of rotatable bonds is 8. The fraction of sp³-hybridized carbons (Fsp3) is 0.467. The maximum atomic E-state index is 9.71. The summed E-state index contributed by atoms with van der Waals surface area (Å²) in [4.78, 5) is 0. The average Bonchev–Trinajstić information content (AvgIpc) is 2.41. The summed E-state index contributed by atoms with van der Waals surface area (Å²) in [6.45, 7) is 4.90. The average molecular weight is 265 g/mol. The summed E-state index contributed by atoms with van der Waals surface area (Å²) in [6, 6.07) is 7.98. The van der Waals surface area contributed by atoms with Gasteiger partial charge in [-0.3, -0.25) is 0 Å². The molecule has 0 spiro atoms. The first kappa shape index (κ1) is 15.5. The van der Waals surface area contributed by atoms with E-state index in [0.29, 0.717) is 12.6 Å². The normalized spacial score (nSPS) is 12.9. The van der Waals surface area contributed by atoms with Gasteiger partial charge in [0.2, 0.25) is 0 Å². The Morgan fingerprint density at radius 1 is 1.26 bits per heavy atom. The predicted octanol–water partition coefficient (Wildman–Crippen LogP) is 2.04. The highest BCUT2D eigenvalue weighted by atomic mass is 16.5. The smallest absolute Gasteiger partial charge is 0.119 e. The second-order valence-electron chi connectivity index (χ2n) is 4.64. The number of methoxy groups -OCH3 is 1. The fourth-order valence-corrected chi connectivity index (χ4v) is 1.44. The second-order valence-corrected chi connectivity index (χ2v) is 4.64. The van der Waals surface area contributed by atoms with Crippen molar-refractivity contribution in [1.29, 1.82) is 0 Å². The van der Waals surface area contributed by atoms with Crippen molar-refractivity contribution in [3.63, 3.8) is 0 Å². The maximum absolute atomic E-state index is 9.71. The van der Waals surface area contributed by atoms with Crippen LogP contribution in [0, 0.1) is 0 Å². The lowest BCUT2D eigenvalue weighted by atomic mass is 10.2. The van der Waals surface area contributed by atoms with Gasteiger partial charge < -0.3 is 19.9 Å². The summed E-state index contributed by atoms with van der Waals surface area (Å²) in [5.74, 6) is 0.748. The maximum Gasteiger partial charge on any atom is 0.119 e. The fourth-order valence-electron chi connectivity index (χ4n) is 1.44. The minimum Gasteiger partial charge on any atom is -0.504 e. The van der Waals surface area contributed by atoms with Crippen LogP contribution in [0.1, 0.15) is 19.4 Å². The molecule has 0 bridgehead atoms. The van der Waals surface area contributed by atoms with Crippen LogP contribution in [0.25, 0.3) is 6.08 Å². The van der Waals surface area contributed by atoms with Crippen LogP contribution in [-0.4, -0.2) is 37.5 Å². The summed E-state index contributed by atoms with van der Waals surface area (Å²) < 4.78 is 10.4. The topological polar surface area (TPSA) is 50.7 Å². The molecule has 0 fully saturated rings. The van der Waals surface area contributed by atoms with Crippen LogP contribution in [0.5, 0.6) is 5.75 Å². The van der Waals surface area contributed by atoms with E-state index >= 15 is 0 Å². The Labute approximate surface area is 115 Å². The van der Waals surface area contributed by atoms with Gasteiger partial charge in [-0.2, -0.15) is 0 Å². The first-order chi connectivity index (χ1) is 9.11. The molecule has 1 rings (SSSR count). The third kappa shape index (κ3) is 6.84. The van der Waals surface area contributed by atoms with Crippen LogP contribution < -0.4 is 10.1 Å². The van der Waals surface area contributed by atoms with Gasteiger partial charge in [-0.25, -0.2) is 0 Å². The zero-order valence-corrected chi connectivity index (χ0v) is 11.8. The minimum absolute atomic E-state index is 0.285. The number of aliphatic hydroxyl groups is 1. The molecule has 0 aliphatic heterocycles. The summed E-state index contributed by atoms with van der Waals surface area (Å²) in [6.07, 6.45) is 2.98. The summed E-state index contributed by atoms with van der Waals surface area (Å²) >= 11 is 0. The third-order valence-electron chi connectivity index (χ3n) is 2.48. The van der Waals surface area contributed by atoms with Crippen LogP contribution in [0.2, 0.25) is 0 Å². The Bertz CT molecular complexity index is 373. The van der Waals surface area contributed by atoms with E-state index in [2.05, 4.69) is 5.32 Å². The molecule has 4 nitrogen and oxygen atoms in total. The minimum atomic E-state index is -0.504. The lowest BCUT2D eigenvalue weighted by molar-refractivity contribution is 0.104. The van der Waals surface area contributed by atoms with Gasteiger partial charge >= 0.3 is 0 Å². The van der Waals surface area contributed by atoms with Crippen molar-refractivity contribution in [3.05, 3.63) is 36.1 Å². The molecule has 0 saturated heterocycles. The van der Waals surface area contributed by atoms with Gasteiger partial charge in [-0.1, -0.05) is 26.0 Å². The highest BCUT2D eigenvalue weighted by Gasteiger charge is 2.05. The Morgan fingerprint density at radius 3 is 2.53 bits per heavy atom. The molecule has 1 atom stereocenters. The van der Waals surface area contributed by atoms with Crippen LogP contribution in [0.15, 0.2) is 30.5 Å². The molecule has 2 N–H and O–H groups in total. The molecular weight excluding hydrogens is 242 g/mol. The van der Waals surface area contributed by atoms with Gasteiger partial charge in [0.25, 0.3) is 0 Å². The van der Waals surface area contributed by atoms with Gasteiger partial charge in [-0.15, -0.1) is 0 Å². The molecule has 19 heavy (non-hydrogen) atoms. The van der Waals surface area contributed by atoms with Crippen LogP contribution >= 0.6 is 0 Å². The van der Waals surface area contributed by atoms with Gasteiger partial charge in [0, 0.05) is 12.6 Å². The van der Waals surface area contributed by atoms with Crippen LogP contribution in [0.3, 0.4) is 0 Å². The number of hydrogen-bond acceptors (Lipinski definition) is 4. The lowest BCUT2D eigenvalue weighted by Gasteiger charge is -2.15. The predicted molar refractivity (Wildman–Crippen MR) is 77.1 cm³/mol. The van der Waals surface area contributed by atoms with Crippen molar-refractivity contribution in [1.82, 2.24) is 5.32 Å². The molecule has 106 valence electrons. The molecule has 0 saturated carbocycles. The largest absolute Gasteiger partial charge is 0.504 e. The van der Waals surface area contributed by atoms with Gasteiger partial charge in [0.15, 0.2) is 0 Å². The van der Waals surface area contributed by atoms with E-state index in [1.54, 1.807) is 13.4 Å². The van der Waals surface area contributed by atoms with E-state index in [4.69, 9.17) is 9.47 Å². The molecular formula is C15H23NO3. The molecule has 1 aromatic rings. The third-order valence-corrected chi connectivity index (χ3v) is 2.48. The van der Waals surface area contributed by atoms with Crippen molar-refractivity contribution >= 4 is 6.08 Å². The molecule has 0 aromatic heterocycles. The molecule has 0 amide bonds. The van der Waals surface area contributed by atoms with E-state index in [9.17, 15) is 5.11 Å². The number of benzene rings is 1. The van der Waals surface area contributed by atoms with Crippen molar-refractivity contribution in [3.8, 4) is 5.75 Å². The quantitative estimate of drug-likeness (QED) is 0.706. The van der Waals surface area contributed by atoms with E-state index in [1.807, 2.05) is 44.2 Å². The zero-order valence-electron chi connectivity index (χ0n) is 11.8. The number of hydrogen-bond donors (Lipinski definition) is 2. The van der Waals surface area contributed by atoms with Crippen LogP contribution in [-0.2, 0) is 4.74 Å². The van der Waals surface area contributed by atoms with Crippen molar-refractivity contribution in [2.24, 2.45) is 0 Å². The van der Waals surface area contributed by atoms with Crippen molar-refractivity contribution < 1.29 is 14.6 Å². The SMILES string of the molecule is COC=Cc1ccc(OCC(O)CNC(C)C)cc1. The Hall–Kier alpha value is -1.52. The highest BCUT2D eigenvalue weighted by molar-refractivity contribution is 5.49. The number of aliphatic hydroxyl groups excluding tert-OH is 1. The van der Waals surface area contributed by atoms with Crippen LogP contribution in [0.4, 0.5) is 0 Å². The standard InChI is InChI=1S/C15H23NO3/c1-12(2)16-10-14(17)11-19-15-6-4-13(5-7-15)8-9-18-3/h4-9,12,14,16-17H,10-11H2,1-3H3. The number of nitrogens with one attached hydrogen (secondary N) is 1. The molecule has 1 aromatic carbocycles. The molecule has 4 heteroatoms. The van der Waals surface area contributed by atoms with E-state index in [0.717, 1.165) is 11.3 Å². The molecule has 0 radical (unpaired) electrons. The molecule has 0 heterocycles. The second kappa shape index (κ2) is 8.56. The molecule has 0 aliphatic carbocycles. The molecule has 0 aliphatic rings. The zero-order chi connectivity index (χ0) is 14.1. The Kier molecular flexibility index (Phi) is 7.00. The van der Waals surface area contributed by atoms with E-state index in [1.165, 1.54) is 0 Å². The Morgan fingerprint density at radius 2 is 1.95 bits per heavy atom. The monoisotopic (exact) mass is 265 g/mol. The summed E-state index contributed by atoms with van der Waals surface area (Å²) in [7, 11) is 1.61.